The van der Waals surface area contributed by atoms with E-state index in [2.05, 4.69) is 5.32 Å². The smallest absolute Gasteiger partial charge is 0.228 e. The normalized spacial score (nSPS) is 17.8. The van der Waals surface area contributed by atoms with E-state index in [4.69, 9.17) is 4.74 Å². The average molecular weight is 280 g/mol. The van der Waals surface area contributed by atoms with E-state index in [1.165, 1.54) is 24.1 Å². The highest BCUT2D eigenvalue weighted by Crippen LogP contribution is 2.19. The molecule has 1 aliphatic heterocycles. The molecule has 1 N–H and O–H groups in total. The number of halogens is 1. The van der Waals surface area contributed by atoms with Crippen LogP contribution >= 0.6 is 0 Å². The van der Waals surface area contributed by atoms with Crippen molar-refractivity contribution >= 4 is 11.8 Å². The number of hydrogen-bond donors (Lipinski definition) is 1. The third-order valence-corrected chi connectivity index (χ3v) is 3.34. The Balaban J connectivity index is 2.00. The standard InChI is InChI=1S/C14H17FN2O3/c1-17(14(19)10-6-13(18)16-7-10)8-9-3-4-12(20-2)11(15)5-9/h3-5,10H,6-8H2,1-2H3,(H,16,18). The largest absolute Gasteiger partial charge is 0.494 e. The topological polar surface area (TPSA) is 58.6 Å². The second-order valence-electron chi connectivity index (χ2n) is 4.87. The summed E-state index contributed by atoms with van der Waals surface area (Å²) in [5.41, 5.74) is 0.677. The SMILES string of the molecule is COc1ccc(CN(C)C(=O)C2CNC(=O)C2)cc1F. The zero-order valence-corrected chi connectivity index (χ0v) is 11.5. The molecular weight excluding hydrogens is 263 g/mol. The van der Waals surface area contributed by atoms with Crippen LogP contribution in [0.25, 0.3) is 0 Å². The van der Waals surface area contributed by atoms with Gasteiger partial charge in [-0.05, 0) is 17.7 Å². The van der Waals surface area contributed by atoms with E-state index in [9.17, 15) is 14.0 Å². The first kappa shape index (κ1) is 14.3. The molecule has 0 saturated carbocycles. The number of benzene rings is 1. The molecule has 1 saturated heterocycles. The molecule has 2 rings (SSSR count). The predicted molar refractivity (Wildman–Crippen MR) is 70.5 cm³/mol. The minimum absolute atomic E-state index is 0.104. The molecule has 1 heterocycles. The van der Waals surface area contributed by atoms with Gasteiger partial charge in [0.1, 0.15) is 0 Å². The second kappa shape index (κ2) is 5.90. The van der Waals surface area contributed by atoms with Gasteiger partial charge in [0.2, 0.25) is 11.8 Å². The maximum Gasteiger partial charge on any atom is 0.228 e. The van der Waals surface area contributed by atoms with Crippen molar-refractivity contribution in [3.8, 4) is 5.75 Å². The molecule has 0 aromatic heterocycles. The highest BCUT2D eigenvalue weighted by atomic mass is 19.1. The number of carbonyl (C=O) groups is 2. The van der Waals surface area contributed by atoms with Crippen LogP contribution in [0.15, 0.2) is 18.2 Å². The summed E-state index contributed by atoms with van der Waals surface area (Å²) in [6.45, 7) is 0.670. The van der Waals surface area contributed by atoms with Crippen molar-refractivity contribution in [2.45, 2.75) is 13.0 Å². The van der Waals surface area contributed by atoms with Crippen LogP contribution in [0.1, 0.15) is 12.0 Å². The summed E-state index contributed by atoms with van der Waals surface area (Å²) >= 11 is 0. The molecule has 1 aromatic carbocycles. The van der Waals surface area contributed by atoms with Crippen LogP contribution in [0.5, 0.6) is 5.75 Å². The number of amides is 2. The average Bonchev–Trinajstić information content (AvgIpc) is 2.84. The van der Waals surface area contributed by atoms with Gasteiger partial charge in [-0.15, -0.1) is 0 Å². The fourth-order valence-electron chi connectivity index (χ4n) is 2.25. The molecule has 1 aliphatic rings. The third kappa shape index (κ3) is 3.07. The lowest BCUT2D eigenvalue weighted by atomic mass is 10.1. The minimum Gasteiger partial charge on any atom is -0.494 e. The molecule has 108 valence electrons. The van der Waals surface area contributed by atoms with Crippen LogP contribution in [-0.4, -0.2) is 37.4 Å². The second-order valence-corrected chi connectivity index (χ2v) is 4.87. The Kier molecular flexibility index (Phi) is 4.22. The minimum atomic E-state index is -0.455. The zero-order valence-electron chi connectivity index (χ0n) is 11.5. The van der Waals surface area contributed by atoms with Crippen LogP contribution in [-0.2, 0) is 16.1 Å². The van der Waals surface area contributed by atoms with Crippen molar-refractivity contribution in [3.05, 3.63) is 29.6 Å². The molecule has 5 nitrogen and oxygen atoms in total. The number of ether oxygens (including phenoxy) is 1. The molecule has 0 bridgehead atoms. The first-order valence-electron chi connectivity index (χ1n) is 6.35. The van der Waals surface area contributed by atoms with Crippen molar-refractivity contribution < 1.29 is 18.7 Å². The molecule has 2 amide bonds. The Morgan fingerprint density at radius 3 is 2.85 bits per heavy atom. The number of hydrogen-bond acceptors (Lipinski definition) is 3. The summed E-state index contributed by atoms with van der Waals surface area (Å²) in [6.07, 6.45) is 0.222. The summed E-state index contributed by atoms with van der Waals surface area (Å²) in [6, 6.07) is 4.59. The zero-order chi connectivity index (χ0) is 14.7. The van der Waals surface area contributed by atoms with Gasteiger partial charge < -0.3 is 15.0 Å². The van der Waals surface area contributed by atoms with Crippen LogP contribution in [0.3, 0.4) is 0 Å². The van der Waals surface area contributed by atoms with Gasteiger partial charge in [-0.2, -0.15) is 0 Å². The Morgan fingerprint density at radius 1 is 1.55 bits per heavy atom. The van der Waals surface area contributed by atoms with Crippen molar-refractivity contribution in [1.29, 1.82) is 0 Å². The Labute approximate surface area is 116 Å². The van der Waals surface area contributed by atoms with Crippen LogP contribution in [0.4, 0.5) is 4.39 Å². The van der Waals surface area contributed by atoms with E-state index >= 15 is 0 Å². The van der Waals surface area contributed by atoms with Gasteiger partial charge in [0.25, 0.3) is 0 Å². The lowest BCUT2D eigenvalue weighted by Gasteiger charge is -2.20. The lowest BCUT2D eigenvalue weighted by Crippen LogP contribution is -2.33. The van der Waals surface area contributed by atoms with E-state index in [0.717, 1.165) is 0 Å². The number of rotatable bonds is 4. The first-order chi connectivity index (χ1) is 9.51. The number of carbonyl (C=O) groups excluding carboxylic acids is 2. The number of nitrogens with zero attached hydrogens (tertiary/aromatic N) is 1. The van der Waals surface area contributed by atoms with Gasteiger partial charge in [-0.25, -0.2) is 4.39 Å². The quantitative estimate of drug-likeness (QED) is 0.892. The summed E-state index contributed by atoms with van der Waals surface area (Å²) in [5, 5.41) is 2.63. The highest BCUT2D eigenvalue weighted by molar-refractivity contribution is 5.89. The van der Waals surface area contributed by atoms with Crippen LogP contribution in [0.2, 0.25) is 0 Å². The lowest BCUT2D eigenvalue weighted by molar-refractivity contribution is -0.135. The fourth-order valence-corrected chi connectivity index (χ4v) is 2.25. The molecule has 6 heteroatoms. The van der Waals surface area contributed by atoms with Crippen LogP contribution < -0.4 is 10.1 Å². The van der Waals surface area contributed by atoms with Crippen molar-refractivity contribution in [1.82, 2.24) is 10.2 Å². The van der Waals surface area contributed by atoms with Crippen molar-refractivity contribution in [3.63, 3.8) is 0 Å². The summed E-state index contributed by atoms with van der Waals surface area (Å²) < 4.78 is 18.4. The van der Waals surface area contributed by atoms with Gasteiger partial charge in [-0.3, -0.25) is 9.59 Å². The monoisotopic (exact) mass is 280 g/mol. The number of methoxy groups -OCH3 is 1. The molecule has 0 radical (unpaired) electrons. The van der Waals surface area contributed by atoms with E-state index < -0.39 is 5.82 Å². The van der Waals surface area contributed by atoms with Crippen LogP contribution in [0, 0.1) is 11.7 Å². The summed E-state index contributed by atoms with van der Waals surface area (Å²) in [7, 11) is 3.05. The molecule has 1 unspecified atom stereocenters. The molecule has 1 atom stereocenters. The van der Waals surface area contributed by atoms with Crippen molar-refractivity contribution in [2.75, 3.05) is 20.7 Å². The number of nitrogens with one attached hydrogen (secondary N) is 1. The Morgan fingerprint density at radius 2 is 2.30 bits per heavy atom. The highest BCUT2D eigenvalue weighted by Gasteiger charge is 2.30. The maximum absolute atomic E-state index is 13.6. The third-order valence-electron chi connectivity index (χ3n) is 3.34. The molecule has 1 aromatic rings. The van der Waals surface area contributed by atoms with E-state index in [1.54, 1.807) is 13.1 Å². The maximum atomic E-state index is 13.6. The summed E-state index contributed by atoms with van der Waals surface area (Å²) in [4.78, 5) is 24.7. The van der Waals surface area contributed by atoms with E-state index in [1.807, 2.05) is 0 Å². The van der Waals surface area contributed by atoms with Gasteiger partial charge in [0, 0.05) is 26.6 Å². The van der Waals surface area contributed by atoms with E-state index in [-0.39, 0.29) is 29.9 Å². The fraction of sp³-hybridized carbons (Fsp3) is 0.429. The van der Waals surface area contributed by atoms with Gasteiger partial charge in [-0.1, -0.05) is 6.07 Å². The first-order valence-corrected chi connectivity index (χ1v) is 6.35. The Hall–Kier alpha value is -2.11. The predicted octanol–water partition coefficient (Wildman–Crippen LogP) is 0.929. The van der Waals surface area contributed by atoms with E-state index in [0.29, 0.717) is 18.7 Å². The Bertz CT molecular complexity index is 533. The molecular formula is C14H17FN2O3. The van der Waals surface area contributed by atoms with Gasteiger partial charge in [0.15, 0.2) is 11.6 Å². The molecule has 20 heavy (non-hydrogen) atoms. The molecule has 0 spiro atoms. The molecule has 1 fully saturated rings. The summed E-state index contributed by atoms with van der Waals surface area (Å²) in [5.74, 6) is -0.820. The van der Waals surface area contributed by atoms with Crippen molar-refractivity contribution in [2.24, 2.45) is 5.92 Å². The van der Waals surface area contributed by atoms with Gasteiger partial charge >= 0.3 is 0 Å². The molecule has 0 aliphatic carbocycles. The van der Waals surface area contributed by atoms with Gasteiger partial charge in [0.05, 0.1) is 13.0 Å².